The van der Waals surface area contributed by atoms with Crippen LogP contribution in [-0.4, -0.2) is 0 Å². The highest BCUT2D eigenvalue weighted by Gasteiger charge is 2.07. The Bertz CT molecular complexity index is 280. The molecule has 1 aromatic carbocycles. The number of halogens is 4. The van der Waals surface area contributed by atoms with Gasteiger partial charge in [0.2, 0.25) is 0 Å². The van der Waals surface area contributed by atoms with Gasteiger partial charge in [-0.1, -0.05) is 11.6 Å². The molecule has 60 valence electrons. The molecule has 11 heavy (non-hydrogen) atoms. The van der Waals surface area contributed by atoms with Crippen LogP contribution in [0.15, 0.2) is 16.6 Å². The van der Waals surface area contributed by atoms with Gasteiger partial charge in [-0.25, -0.2) is 4.39 Å². The predicted octanol–water partition coefficient (Wildman–Crippen LogP) is 3.77. The summed E-state index contributed by atoms with van der Waals surface area (Å²) in [6.45, 7) is 0. The average molecular weight is 260 g/mol. The molecule has 0 saturated carbocycles. The van der Waals surface area contributed by atoms with Crippen molar-refractivity contribution < 1.29 is 8.68 Å². The fourth-order valence-corrected chi connectivity index (χ4v) is 1.15. The fraction of sp³-hybridized carbons (Fsp3) is 0. The monoisotopic (exact) mass is 258 g/mol. The second-order valence-corrected chi connectivity index (χ2v) is 3.19. The third-order valence-corrected chi connectivity index (χ3v) is 2.42. The Morgan fingerprint density at radius 2 is 2.09 bits per heavy atom. The molecule has 0 amide bonds. The van der Waals surface area contributed by atoms with Crippen molar-refractivity contribution in [3.63, 3.8) is 0 Å². The van der Waals surface area contributed by atoms with Gasteiger partial charge < -0.3 is 4.29 Å². The number of benzene rings is 1. The maximum absolute atomic E-state index is 12.7. The first-order valence-corrected chi connectivity index (χ1v) is 4.06. The van der Waals surface area contributed by atoms with Crippen LogP contribution in [0.5, 0.6) is 5.75 Å². The van der Waals surface area contributed by atoms with Gasteiger partial charge in [-0.2, -0.15) is 0 Å². The van der Waals surface area contributed by atoms with Gasteiger partial charge in [-0.05, 0) is 22.0 Å². The molecule has 1 aromatic rings. The molecular formula is C6H2BrCl2FO. The summed E-state index contributed by atoms with van der Waals surface area (Å²) in [6.07, 6.45) is 0. The van der Waals surface area contributed by atoms with E-state index in [4.69, 9.17) is 23.5 Å². The van der Waals surface area contributed by atoms with Gasteiger partial charge >= 0.3 is 0 Å². The first-order valence-electron chi connectivity index (χ1n) is 2.58. The zero-order chi connectivity index (χ0) is 8.43. The number of rotatable bonds is 1. The Balaban J connectivity index is 3.21. The van der Waals surface area contributed by atoms with Crippen LogP contribution in [0, 0.1) is 5.82 Å². The molecule has 0 spiro atoms. The average Bonchev–Trinajstić information content (AvgIpc) is 1.97. The van der Waals surface area contributed by atoms with Gasteiger partial charge in [0.25, 0.3) is 0 Å². The van der Waals surface area contributed by atoms with Crippen LogP contribution in [0.4, 0.5) is 4.39 Å². The van der Waals surface area contributed by atoms with E-state index in [0.29, 0.717) is 9.50 Å². The second-order valence-electron chi connectivity index (χ2n) is 1.77. The molecule has 0 aliphatic heterocycles. The highest BCUT2D eigenvalue weighted by Crippen LogP contribution is 2.30. The zero-order valence-electron chi connectivity index (χ0n) is 5.07. The summed E-state index contributed by atoms with van der Waals surface area (Å²) >= 11 is 13.6. The van der Waals surface area contributed by atoms with Crippen LogP contribution >= 0.6 is 39.4 Å². The standard InChI is InChI=1S/C6H2BrCl2FO/c7-3-1-5(10)6(11-9)2-4(3)8/h1-2H. The summed E-state index contributed by atoms with van der Waals surface area (Å²) in [5.41, 5.74) is 0. The molecule has 1 rings (SSSR count). The van der Waals surface area contributed by atoms with Crippen LogP contribution in [0.2, 0.25) is 5.02 Å². The van der Waals surface area contributed by atoms with Crippen molar-refractivity contribution in [1.29, 1.82) is 0 Å². The van der Waals surface area contributed by atoms with Crippen LogP contribution in [0.1, 0.15) is 0 Å². The molecule has 1 nitrogen and oxygen atoms in total. The van der Waals surface area contributed by atoms with Gasteiger partial charge in [-0.15, -0.1) is 0 Å². The molecule has 0 unspecified atom stereocenters. The molecule has 5 heteroatoms. The van der Waals surface area contributed by atoms with E-state index in [1.807, 2.05) is 0 Å². The third kappa shape index (κ3) is 1.98. The van der Waals surface area contributed by atoms with Gasteiger partial charge in [0.1, 0.15) is 11.9 Å². The SMILES string of the molecule is Fc1cc(Br)c(Cl)cc1OCl. The van der Waals surface area contributed by atoms with Gasteiger partial charge in [0.15, 0.2) is 11.6 Å². The number of hydrogen-bond acceptors (Lipinski definition) is 1. The molecule has 0 saturated heterocycles. The fourth-order valence-electron chi connectivity index (χ4n) is 0.563. The molecule has 0 heterocycles. The summed E-state index contributed by atoms with van der Waals surface area (Å²) in [7, 11) is 0. The lowest BCUT2D eigenvalue weighted by Gasteiger charge is -2.00. The molecule has 0 aromatic heterocycles. The lowest BCUT2D eigenvalue weighted by molar-refractivity contribution is 0.528. The largest absolute Gasteiger partial charge is 0.382 e. The minimum atomic E-state index is -0.559. The van der Waals surface area contributed by atoms with E-state index >= 15 is 0 Å². The maximum atomic E-state index is 12.7. The van der Waals surface area contributed by atoms with Crippen LogP contribution < -0.4 is 4.29 Å². The van der Waals surface area contributed by atoms with Crippen molar-refractivity contribution in [2.24, 2.45) is 0 Å². The van der Waals surface area contributed by atoms with E-state index in [1.54, 1.807) is 0 Å². The van der Waals surface area contributed by atoms with Gasteiger partial charge in [-0.3, -0.25) is 0 Å². The number of hydrogen-bond donors (Lipinski definition) is 0. The maximum Gasteiger partial charge on any atom is 0.183 e. The Kier molecular flexibility index (Phi) is 2.98. The van der Waals surface area contributed by atoms with Gasteiger partial charge in [0.05, 0.1) is 5.02 Å². The van der Waals surface area contributed by atoms with Gasteiger partial charge in [0, 0.05) is 10.5 Å². The van der Waals surface area contributed by atoms with Crippen molar-refractivity contribution in [3.8, 4) is 5.75 Å². The van der Waals surface area contributed by atoms with E-state index in [9.17, 15) is 4.39 Å². The summed E-state index contributed by atoms with van der Waals surface area (Å²) in [4.78, 5) is 0. The van der Waals surface area contributed by atoms with Crippen molar-refractivity contribution in [2.75, 3.05) is 0 Å². The van der Waals surface area contributed by atoms with E-state index in [2.05, 4.69) is 20.2 Å². The summed E-state index contributed by atoms with van der Waals surface area (Å²) < 4.78 is 17.4. The summed E-state index contributed by atoms with van der Waals surface area (Å²) in [5, 5.41) is 0.349. The first kappa shape index (κ1) is 9.10. The quantitative estimate of drug-likeness (QED) is 0.698. The van der Waals surface area contributed by atoms with E-state index in [0.717, 1.165) is 0 Å². The minimum Gasteiger partial charge on any atom is -0.382 e. The Morgan fingerprint density at radius 1 is 1.45 bits per heavy atom. The molecule has 0 bridgehead atoms. The van der Waals surface area contributed by atoms with Crippen molar-refractivity contribution in [2.45, 2.75) is 0 Å². The molecular weight excluding hydrogens is 258 g/mol. The summed E-state index contributed by atoms with van der Waals surface area (Å²) in [5.74, 6) is -0.642. The zero-order valence-corrected chi connectivity index (χ0v) is 8.17. The molecule has 0 radical (unpaired) electrons. The highest BCUT2D eigenvalue weighted by atomic mass is 79.9. The predicted molar refractivity (Wildman–Crippen MR) is 45.6 cm³/mol. The van der Waals surface area contributed by atoms with Crippen LogP contribution in [-0.2, 0) is 0 Å². The molecule has 0 fully saturated rings. The lowest BCUT2D eigenvalue weighted by Crippen LogP contribution is -1.82. The Hall–Kier alpha value is 0.01000. The third-order valence-electron chi connectivity index (χ3n) is 1.06. The first-order chi connectivity index (χ1) is 5.15. The topological polar surface area (TPSA) is 9.23 Å². The van der Waals surface area contributed by atoms with E-state index in [1.165, 1.54) is 12.1 Å². The Morgan fingerprint density at radius 3 is 2.64 bits per heavy atom. The molecule has 0 atom stereocenters. The smallest absolute Gasteiger partial charge is 0.183 e. The molecule has 0 aliphatic carbocycles. The highest BCUT2D eigenvalue weighted by molar-refractivity contribution is 9.10. The normalized spacial score (nSPS) is 9.82. The minimum absolute atomic E-state index is 0.0835. The lowest BCUT2D eigenvalue weighted by atomic mass is 10.3. The second kappa shape index (κ2) is 3.61. The van der Waals surface area contributed by atoms with E-state index < -0.39 is 5.82 Å². The Labute approximate surface area is 81.4 Å². The van der Waals surface area contributed by atoms with Crippen molar-refractivity contribution in [3.05, 3.63) is 27.4 Å². The van der Waals surface area contributed by atoms with Crippen LogP contribution in [0.3, 0.4) is 0 Å². The molecule has 0 aliphatic rings. The van der Waals surface area contributed by atoms with Crippen molar-refractivity contribution >= 4 is 39.4 Å². The molecule has 0 N–H and O–H groups in total. The van der Waals surface area contributed by atoms with Crippen molar-refractivity contribution in [1.82, 2.24) is 0 Å². The van der Waals surface area contributed by atoms with E-state index in [-0.39, 0.29) is 5.75 Å². The summed E-state index contributed by atoms with van der Waals surface area (Å²) in [6, 6.07) is 2.47. The van der Waals surface area contributed by atoms with Crippen LogP contribution in [0.25, 0.3) is 0 Å².